The third-order valence-electron chi connectivity index (χ3n) is 14.0. The van der Waals surface area contributed by atoms with Crippen LogP contribution in [0.1, 0.15) is 82.9 Å². The van der Waals surface area contributed by atoms with Gasteiger partial charge in [-0.3, -0.25) is 39.1 Å². The minimum absolute atomic E-state index is 0.0791. The fourth-order valence-corrected chi connectivity index (χ4v) is 10.6. The molecule has 0 aromatic heterocycles. The summed E-state index contributed by atoms with van der Waals surface area (Å²) in [5.41, 5.74) is 5.16. The third-order valence-corrected chi connectivity index (χ3v) is 14.3. The molecule has 5 saturated heterocycles. The number of nitrogens with zero attached hydrogens (tertiary/aromatic N) is 7. The normalized spacial score (nSPS) is 23.5. The van der Waals surface area contributed by atoms with E-state index in [1.165, 1.54) is 0 Å². The summed E-state index contributed by atoms with van der Waals surface area (Å²) in [6, 6.07) is 19.3. The van der Waals surface area contributed by atoms with Crippen LogP contribution in [0.15, 0.2) is 60.7 Å². The van der Waals surface area contributed by atoms with Gasteiger partial charge in [-0.1, -0.05) is 17.7 Å². The van der Waals surface area contributed by atoms with Crippen LogP contribution in [0.3, 0.4) is 0 Å². The molecule has 2 atom stereocenters. The molecule has 6 aliphatic heterocycles. The molecule has 6 aliphatic rings. The average molecular weight is 817 g/mol. The van der Waals surface area contributed by atoms with Gasteiger partial charge in [0.2, 0.25) is 17.5 Å². The summed E-state index contributed by atoms with van der Waals surface area (Å²) in [6.07, 6.45) is 5.36. The Morgan fingerprint density at radius 3 is 2.19 bits per heavy atom. The van der Waals surface area contributed by atoms with Gasteiger partial charge in [-0.15, -0.1) is 0 Å². The lowest BCUT2D eigenvalue weighted by Crippen LogP contribution is -2.62. The molecule has 5 amide bonds. The van der Waals surface area contributed by atoms with Crippen molar-refractivity contribution in [2.45, 2.75) is 76.0 Å². The third kappa shape index (κ3) is 7.10. The van der Waals surface area contributed by atoms with E-state index in [-0.39, 0.29) is 29.7 Å². The van der Waals surface area contributed by atoms with E-state index in [2.05, 4.69) is 55.9 Å². The average Bonchev–Trinajstić information content (AvgIpc) is 3.68. The van der Waals surface area contributed by atoms with Gasteiger partial charge in [-0.25, -0.2) is 4.85 Å². The molecule has 0 radical (unpaired) electrons. The van der Waals surface area contributed by atoms with E-state index in [0.29, 0.717) is 47.5 Å². The van der Waals surface area contributed by atoms with Crippen molar-refractivity contribution in [1.82, 2.24) is 20.0 Å². The van der Waals surface area contributed by atoms with E-state index < -0.39 is 29.7 Å². The van der Waals surface area contributed by atoms with Crippen molar-refractivity contribution in [1.29, 1.82) is 0 Å². The van der Waals surface area contributed by atoms with Crippen LogP contribution in [-0.4, -0.2) is 121 Å². The fraction of sp³-hybridized carbons (Fsp3) is 0.467. The van der Waals surface area contributed by atoms with Crippen molar-refractivity contribution in [3.8, 4) is 0 Å². The minimum Gasteiger partial charge on any atom is -0.371 e. The predicted octanol–water partition coefficient (Wildman–Crippen LogP) is 5.60. The summed E-state index contributed by atoms with van der Waals surface area (Å²) in [4.78, 5) is 80.1. The van der Waals surface area contributed by atoms with E-state index in [1.54, 1.807) is 12.1 Å². The molecule has 59 heavy (non-hydrogen) atoms. The molecule has 3 aromatic rings. The van der Waals surface area contributed by atoms with E-state index in [9.17, 15) is 24.0 Å². The number of likely N-dealkylation sites (N-methyl/N-ethyl adjacent to an activating group) is 1. The number of hydrogen-bond donors (Lipinski definition) is 1. The Bertz CT molecular complexity index is 2250. The summed E-state index contributed by atoms with van der Waals surface area (Å²) in [7, 11) is 2.16. The van der Waals surface area contributed by atoms with Crippen LogP contribution in [-0.2, 0) is 9.59 Å². The van der Waals surface area contributed by atoms with Crippen LogP contribution in [0, 0.1) is 12.0 Å². The first-order chi connectivity index (χ1) is 28.4. The molecule has 1 unspecified atom stereocenters. The number of anilines is 3. The van der Waals surface area contributed by atoms with E-state index in [1.807, 2.05) is 41.3 Å². The van der Waals surface area contributed by atoms with Gasteiger partial charge < -0.3 is 19.6 Å². The lowest BCUT2D eigenvalue weighted by atomic mass is 9.76. The molecule has 1 N–H and O–H groups in total. The highest BCUT2D eigenvalue weighted by atomic mass is 35.5. The Kier molecular flexibility index (Phi) is 10.1. The number of nitrogens with one attached hydrogen (secondary N) is 1. The quantitative estimate of drug-likeness (QED) is 0.240. The molecule has 14 heteroatoms. The molecule has 9 rings (SSSR count). The van der Waals surface area contributed by atoms with Crippen LogP contribution in [0.25, 0.3) is 4.85 Å². The Labute approximate surface area is 349 Å². The number of fused-ring (bicyclic) bond motifs is 1. The highest BCUT2D eigenvalue weighted by Crippen LogP contribution is 2.46. The lowest BCUT2D eigenvalue weighted by molar-refractivity contribution is -0.136. The fourth-order valence-electron chi connectivity index (χ4n) is 10.4. The molecule has 6 heterocycles. The van der Waals surface area contributed by atoms with Crippen molar-refractivity contribution >= 4 is 63.9 Å². The molecule has 1 spiro atoms. The zero-order valence-corrected chi connectivity index (χ0v) is 34.3. The van der Waals surface area contributed by atoms with E-state index in [0.717, 1.165) is 92.4 Å². The summed E-state index contributed by atoms with van der Waals surface area (Å²) in [5.74, 6) is -1.92. The number of benzene rings is 3. The van der Waals surface area contributed by atoms with Crippen LogP contribution < -0.4 is 20.0 Å². The van der Waals surface area contributed by atoms with Gasteiger partial charge in [0.1, 0.15) is 6.04 Å². The van der Waals surface area contributed by atoms with Crippen molar-refractivity contribution in [3.05, 3.63) is 93.8 Å². The number of carbonyl (C=O) groups excluding carboxylic acids is 5. The Morgan fingerprint density at radius 1 is 0.831 bits per heavy atom. The monoisotopic (exact) mass is 816 g/mol. The minimum atomic E-state index is -0.981. The van der Waals surface area contributed by atoms with Crippen LogP contribution in [0.4, 0.5) is 22.7 Å². The van der Waals surface area contributed by atoms with Crippen molar-refractivity contribution in [2.24, 2.45) is 5.41 Å². The number of likely N-dealkylation sites (tertiary alicyclic amines) is 1. The summed E-state index contributed by atoms with van der Waals surface area (Å²) in [5, 5.41) is 2.75. The molecule has 3 aromatic carbocycles. The maximum atomic E-state index is 13.6. The summed E-state index contributed by atoms with van der Waals surface area (Å²) < 4.78 is 0. The molecule has 0 saturated carbocycles. The number of halogens is 1. The first-order valence-corrected chi connectivity index (χ1v) is 21.2. The Morgan fingerprint density at radius 2 is 1.51 bits per heavy atom. The topological polar surface area (TPSA) is 121 Å². The van der Waals surface area contributed by atoms with E-state index in [4.69, 9.17) is 18.2 Å². The number of hydrogen-bond acceptors (Lipinski definition) is 9. The summed E-state index contributed by atoms with van der Waals surface area (Å²) >= 11 is 6.39. The first-order valence-electron chi connectivity index (χ1n) is 20.8. The van der Waals surface area contributed by atoms with Gasteiger partial charge in [-0.05, 0) is 113 Å². The van der Waals surface area contributed by atoms with Gasteiger partial charge in [0.25, 0.3) is 17.7 Å². The highest BCUT2D eigenvalue weighted by Gasteiger charge is 2.46. The molecular formula is C45H49ClN8O5. The van der Waals surface area contributed by atoms with Gasteiger partial charge >= 0.3 is 0 Å². The second kappa shape index (κ2) is 15.3. The molecule has 13 nitrogen and oxygen atoms in total. The standard InChI is InChI=1S/C45H49ClN8O5/c1-28-24-45(27-53(28)33-9-11-38(47-2)37(46)23-33)16-20-50(21-17-45)31-6-4-29(5-7-31)42(57)51-18-14-30(15-19-51)49(3)34-25-52(26-34)32-8-10-35-36(22-32)44(59)54(43(35)58)39-12-13-40(55)48-41(39)56/h4-11,22-23,28,30,34,39H,12-21,24-27H2,1,3H3,(H,48,55,56)/t28-,39?/m0/s1. The van der Waals surface area contributed by atoms with Crippen molar-refractivity contribution in [3.63, 3.8) is 0 Å². The van der Waals surface area contributed by atoms with Gasteiger partial charge in [0.05, 0.1) is 17.7 Å². The maximum absolute atomic E-state index is 13.6. The molecule has 306 valence electrons. The van der Waals surface area contributed by atoms with Crippen molar-refractivity contribution in [2.75, 3.05) is 67.6 Å². The molecule has 0 aliphatic carbocycles. The number of amides is 5. The van der Waals surface area contributed by atoms with Crippen molar-refractivity contribution < 1.29 is 24.0 Å². The van der Waals surface area contributed by atoms with Gasteiger partial charge in [0, 0.05) is 98.0 Å². The van der Waals surface area contributed by atoms with Gasteiger partial charge in [-0.2, -0.15) is 0 Å². The number of carbonyl (C=O) groups is 5. The Balaban J connectivity index is 0.735. The highest BCUT2D eigenvalue weighted by molar-refractivity contribution is 6.33. The van der Waals surface area contributed by atoms with Crippen LogP contribution in [0.5, 0.6) is 0 Å². The van der Waals surface area contributed by atoms with E-state index >= 15 is 0 Å². The van der Waals surface area contributed by atoms with Gasteiger partial charge in [0.15, 0.2) is 0 Å². The second-order valence-electron chi connectivity index (χ2n) is 17.4. The van der Waals surface area contributed by atoms with Crippen LogP contribution >= 0.6 is 11.6 Å². The zero-order chi connectivity index (χ0) is 41.2. The SMILES string of the molecule is [C-]#[N+]c1ccc(N2CC3(CCN(c4ccc(C(=O)N5CCC(N(C)C6CN(c7ccc8c(c7)C(=O)N(C7CCC(=O)NC7=O)C8=O)C6)CC5)cc4)CC3)C[C@@H]2C)cc1Cl. The first kappa shape index (κ1) is 39.0. The number of rotatable bonds is 7. The zero-order valence-electron chi connectivity index (χ0n) is 33.5. The molecule has 5 fully saturated rings. The second-order valence-corrected chi connectivity index (χ2v) is 17.8. The largest absolute Gasteiger partial charge is 0.371 e. The smallest absolute Gasteiger partial charge is 0.262 e. The lowest BCUT2D eigenvalue weighted by Gasteiger charge is -2.49. The predicted molar refractivity (Wildman–Crippen MR) is 225 cm³/mol. The molecule has 0 bridgehead atoms. The summed E-state index contributed by atoms with van der Waals surface area (Å²) in [6.45, 7) is 15.5. The van der Waals surface area contributed by atoms with Crippen LogP contribution in [0.2, 0.25) is 5.02 Å². The number of imide groups is 2. The molecular weight excluding hydrogens is 768 g/mol. The Hall–Kier alpha value is -5.45. The maximum Gasteiger partial charge on any atom is 0.262 e. The number of piperidine rings is 3.